The van der Waals surface area contributed by atoms with Gasteiger partial charge in [-0.2, -0.15) is 0 Å². The smallest absolute Gasteiger partial charge is 0.0717 e. The molecule has 0 amide bonds. The van der Waals surface area contributed by atoms with Gasteiger partial charge in [-0.1, -0.05) is 13.8 Å². The largest absolute Gasteiger partial charge is 0.392 e. The van der Waals surface area contributed by atoms with Crippen molar-refractivity contribution < 1.29 is 5.11 Å². The van der Waals surface area contributed by atoms with Gasteiger partial charge in [0.25, 0.3) is 0 Å². The van der Waals surface area contributed by atoms with Gasteiger partial charge in [-0.15, -0.1) is 0 Å². The molecular weight excluding hydrogens is 212 g/mol. The van der Waals surface area contributed by atoms with E-state index in [1.165, 1.54) is 12.1 Å². The summed E-state index contributed by atoms with van der Waals surface area (Å²) in [6, 6.07) is 2.09. The van der Waals surface area contributed by atoms with Gasteiger partial charge in [-0.05, 0) is 31.2 Å². The molecule has 2 unspecified atom stereocenters. The Morgan fingerprint density at radius 3 is 2.82 bits per heavy atom. The van der Waals surface area contributed by atoms with E-state index >= 15 is 0 Å². The maximum atomic E-state index is 9.39. The zero-order valence-electron chi connectivity index (χ0n) is 11.0. The van der Waals surface area contributed by atoms with E-state index in [0.29, 0.717) is 5.92 Å². The third-order valence-electron chi connectivity index (χ3n) is 3.94. The van der Waals surface area contributed by atoms with Crippen LogP contribution < -0.4 is 4.90 Å². The van der Waals surface area contributed by atoms with Crippen LogP contribution in [0.2, 0.25) is 0 Å². The number of nitrogens with zero attached hydrogens (tertiary/aromatic N) is 2. The monoisotopic (exact) mass is 234 g/mol. The summed E-state index contributed by atoms with van der Waals surface area (Å²) in [5, 5.41) is 9.39. The number of pyridine rings is 1. The van der Waals surface area contributed by atoms with Crippen LogP contribution in [0, 0.1) is 18.8 Å². The first kappa shape index (κ1) is 12.4. The molecule has 2 heterocycles. The highest BCUT2D eigenvalue weighted by atomic mass is 16.3. The summed E-state index contributed by atoms with van der Waals surface area (Å²) in [4.78, 5) is 6.65. The molecule has 94 valence electrons. The second kappa shape index (κ2) is 5.05. The predicted molar refractivity (Wildman–Crippen MR) is 70.1 cm³/mol. The number of aliphatic hydroxyl groups excluding tert-OH is 1. The molecule has 0 aromatic carbocycles. The molecule has 0 spiro atoms. The van der Waals surface area contributed by atoms with Gasteiger partial charge >= 0.3 is 0 Å². The van der Waals surface area contributed by atoms with Crippen LogP contribution in [0.25, 0.3) is 0 Å². The molecule has 3 nitrogen and oxygen atoms in total. The van der Waals surface area contributed by atoms with Crippen molar-refractivity contribution in [3.05, 3.63) is 23.5 Å². The van der Waals surface area contributed by atoms with Gasteiger partial charge in [0.2, 0.25) is 0 Å². The van der Waals surface area contributed by atoms with Crippen LogP contribution in [0.1, 0.15) is 31.5 Å². The van der Waals surface area contributed by atoms with Gasteiger partial charge in [-0.25, -0.2) is 0 Å². The van der Waals surface area contributed by atoms with Crippen molar-refractivity contribution in [1.82, 2.24) is 4.98 Å². The normalized spacial score (nSPS) is 25.1. The number of piperidine rings is 1. The number of rotatable bonds is 2. The minimum Gasteiger partial charge on any atom is -0.392 e. The van der Waals surface area contributed by atoms with Gasteiger partial charge in [0, 0.05) is 36.2 Å². The van der Waals surface area contributed by atoms with Crippen LogP contribution in [0.15, 0.2) is 12.3 Å². The summed E-state index contributed by atoms with van der Waals surface area (Å²) in [5.74, 6) is 1.51. The van der Waals surface area contributed by atoms with E-state index in [0.717, 1.165) is 30.3 Å². The summed E-state index contributed by atoms with van der Waals surface area (Å²) in [6.07, 6.45) is 3.03. The van der Waals surface area contributed by atoms with E-state index in [2.05, 4.69) is 29.8 Å². The molecule has 1 aromatic rings. The highest BCUT2D eigenvalue weighted by Gasteiger charge is 2.24. The number of hydrogen-bond donors (Lipinski definition) is 1. The molecule has 1 N–H and O–H groups in total. The molecule has 0 aliphatic carbocycles. The van der Waals surface area contributed by atoms with Gasteiger partial charge in [-0.3, -0.25) is 4.98 Å². The second-order valence-electron chi connectivity index (χ2n) is 5.30. The first-order valence-corrected chi connectivity index (χ1v) is 6.43. The summed E-state index contributed by atoms with van der Waals surface area (Å²) in [6.45, 7) is 8.87. The molecule has 0 bridgehead atoms. The van der Waals surface area contributed by atoms with Crippen molar-refractivity contribution >= 4 is 5.69 Å². The third kappa shape index (κ3) is 2.60. The lowest BCUT2D eigenvalue weighted by Gasteiger charge is -2.37. The standard InChI is InChI=1S/C14H22N2O/c1-10-4-5-16(8-11(10)2)14-6-12(3)15-7-13(14)9-17/h6-7,10-11,17H,4-5,8-9H2,1-3H3. The van der Waals surface area contributed by atoms with Crippen LogP contribution in [-0.4, -0.2) is 23.2 Å². The van der Waals surface area contributed by atoms with Crippen LogP contribution >= 0.6 is 0 Å². The first-order chi connectivity index (χ1) is 8.11. The maximum Gasteiger partial charge on any atom is 0.0717 e. The summed E-state index contributed by atoms with van der Waals surface area (Å²) in [5.41, 5.74) is 3.12. The minimum atomic E-state index is 0.0725. The van der Waals surface area contributed by atoms with Gasteiger partial charge in [0.1, 0.15) is 0 Å². The van der Waals surface area contributed by atoms with Gasteiger partial charge in [0.05, 0.1) is 6.61 Å². The van der Waals surface area contributed by atoms with Crippen LogP contribution in [0.4, 0.5) is 5.69 Å². The lowest BCUT2D eigenvalue weighted by Crippen LogP contribution is -2.39. The zero-order valence-corrected chi connectivity index (χ0v) is 11.0. The molecule has 1 aliphatic rings. The molecule has 17 heavy (non-hydrogen) atoms. The average Bonchev–Trinajstić information content (AvgIpc) is 2.32. The number of anilines is 1. The van der Waals surface area contributed by atoms with Crippen molar-refractivity contribution in [2.75, 3.05) is 18.0 Å². The lowest BCUT2D eigenvalue weighted by molar-refractivity contribution is 0.279. The van der Waals surface area contributed by atoms with Gasteiger partial charge < -0.3 is 10.0 Å². The molecule has 1 saturated heterocycles. The van der Waals surface area contributed by atoms with Crippen molar-refractivity contribution in [3.63, 3.8) is 0 Å². The van der Waals surface area contributed by atoms with Crippen molar-refractivity contribution in [3.8, 4) is 0 Å². The minimum absolute atomic E-state index is 0.0725. The number of aliphatic hydroxyl groups is 1. The summed E-state index contributed by atoms with van der Waals surface area (Å²) in [7, 11) is 0. The van der Waals surface area contributed by atoms with Crippen LogP contribution in [-0.2, 0) is 6.61 Å². The fraction of sp³-hybridized carbons (Fsp3) is 0.643. The van der Waals surface area contributed by atoms with Crippen molar-refractivity contribution in [2.24, 2.45) is 11.8 Å². The average molecular weight is 234 g/mol. The number of aromatic nitrogens is 1. The molecule has 0 radical (unpaired) electrons. The number of aryl methyl sites for hydroxylation is 1. The van der Waals surface area contributed by atoms with E-state index < -0.39 is 0 Å². The fourth-order valence-corrected chi connectivity index (χ4v) is 2.47. The molecular formula is C14H22N2O. The quantitative estimate of drug-likeness (QED) is 0.853. The Bertz CT molecular complexity index is 392. The Morgan fingerprint density at radius 1 is 1.41 bits per heavy atom. The van der Waals surface area contributed by atoms with Crippen molar-refractivity contribution in [1.29, 1.82) is 0 Å². The molecule has 1 fully saturated rings. The Labute approximate surface area is 103 Å². The highest BCUT2D eigenvalue weighted by Crippen LogP contribution is 2.29. The Hall–Kier alpha value is -1.09. The second-order valence-corrected chi connectivity index (χ2v) is 5.30. The van der Waals surface area contributed by atoms with E-state index in [9.17, 15) is 5.11 Å². The Morgan fingerprint density at radius 2 is 2.18 bits per heavy atom. The highest BCUT2D eigenvalue weighted by molar-refractivity contribution is 5.53. The molecule has 3 heteroatoms. The molecule has 2 rings (SSSR count). The fourth-order valence-electron chi connectivity index (χ4n) is 2.47. The van der Waals surface area contributed by atoms with E-state index in [4.69, 9.17) is 0 Å². The summed E-state index contributed by atoms with van der Waals surface area (Å²) < 4.78 is 0. The van der Waals surface area contributed by atoms with E-state index in [-0.39, 0.29) is 6.61 Å². The maximum absolute atomic E-state index is 9.39. The number of hydrogen-bond acceptors (Lipinski definition) is 3. The zero-order chi connectivity index (χ0) is 12.4. The van der Waals surface area contributed by atoms with Crippen molar-refractivity contribution in [2.45, 2.75) is 33.8 Å². The van der Waals surface area contributed by atoms with E-state index in [1.807, 2.05) is 6.92 Å². The molecule has 1 aromatic heterocycles. The SMILES string of the molecule is Cc1cc(N2CCC(C)C(C)C2)c(CO)cn1. The van der Waals surface area contributed by atoms with Gasteiger partial charge in [0.15, 0.2) is 0 Å². The Kier molecular flexibility index (Phi) is 3.67. The lowest BCUT2D eigenvalue weighted by atomic mass is 9.88. The third-order valence-corrected chi connectivity index (χ3v) is 3.94. The van der Waals surface area contributed by atoms with E-state index in [1.54, 1.807) is 6.20 Å². The molecule has 1 aliphatic heterocycles. The predicted octanol–water partition coefficient (Wildman–Crippen LogP) is 2.36. The van der Waals surface area contributed by atoms with Crippen LogP contribution in [0.3, 0.4) is 0 Å². The first-order valence-electron chi connectivity index (χ1n) is 6.43. The summed E-state index contributed by atoms with van der Waals surface area (Å²) >= 11 is 0. The van der Waals surface area contributed by atoms with Crippen LogP contribution in [0.5, 0.6) is 0 Å². The topological polar surface area (TPSA) is 36.4 Å². The molecule has 0 saturated carbocycles. The Balaban J connectivity index is 2.24. The molecule has 2 atom stereocenters.